The van der Waals surface area contributed by atoms with Gasteiger partial charge >= 0.3 is 0 Å². The maximum Gasteiger partial charge on any atom is 0.119 e. The highest BCUT2D eigenvalue weighted by molar-refractivity contribution is 6.20. The van der Waals surface area contributed by atoms with Gasteiger partial charge in [0.2, 0.25) is 0 Å². The highest BCUT2D eigenvalue weighted by Gasteiger charge is 2.19. The average molecular weight is 333 g/mol. The smallest absolute Gasteiger partial charge is 0.119 e. The van der Waals surface area contributed by atoms with E-state index in [2.05, 4.69) is 39.2 Å². The van der Waals surface area contributed by atoms with E-state index in [1.807, 2.05) is 64.6 Å². The standard InChI is InChI=1S/C21H23N3O/c1-23(2)18-12-8-11-15-13-14-17(21(19(15)18)24(3)4)20(22-25)16-9-6-5-7-10-16/h5-14,25H,1-4H3/b22-20+. The monoisotopic (exact) mass is 333 g/mol. The zero-order chi connectivity index (χ0) is 18.0. The molecule has 0 atom stereocenters. The summed E-state index contributed by atoms with van der Waals surface area (Å²) in [5, 5.41) is 15.7. The number of oxime groups is 1. The van der Waals surface area contributed by atoms with Crippen molar-refractivity contribution in [2.75, 3.05) is 38.0 Å². The van der Waals surface area contributed by atoms with Gasteiger partial charge in [-0.05, 0) is 17.5 Å². The molecule has 0 aliphatic heterocycles. The van der Waals surface area contributed by atoms with Crippen molar-refractivity contribution in [3.05, 3.63) is 71.8 Å². The Morgan fingerprint density at radius 2 is 1.52 bits per heavy atom. The van der Waals surface area contributed by atoms with Gasteiger partial charge in [0, 0.05) is 50.4 Å². The van der Waals surface area contributed by atoms with Gasteiger partial charge in [0.05, 0.1) is 5.69 Å². The molecule has 0 spiro atoms. The van der Waals surface area contributed by atoms with Crippen LogP contribution in [0.2, 0.25) is 0 Å². The molecule has 0 saturated carbocycles. The van der Waals surface area contributed by atoms with E-state index in [-0.39, 0.29) is 0 Å². The lowest BCUT2D eigenvalue weighted by molar-refractivity contribution is 0.319. The van der Waals surface area contributed by atoms with E-state index >= 15 is 0 Å². The van der Waals surface area contributed by atoms with Crippen molar-refractivity contribution in [1.29, 1.82) is 0 Å². The van der Waals surface area contributed by atoms with Crippen LogP contribution in [0.25, 0.3) is 10.8 Å². The van der Waals surface area contributed by atoms with Crippen LogP contribution >= 0.6 is 0 Å². The van der Waals surface area contributed by atoms with Crippen LogP contribution in [0.5, 0.6) is 0 Å². The van der Waals surface area contributed by atoms with Crippen LogP contribution in [0.4, 0.5) is 11.4 Å². The molecule has 4 heteroatoms. The fraction of sp³-hybridized carbons (Fsp3) is 0.190. The lowest BCUT2D eigenvalue weighted by Gasteiger charge is -2.24. The van der Waals surface area contributed by atoms with Gasteiger partial charge in [0.25, 0.3) is 0 Å². The summed E-state index contributed by atoms with van der Waals surface area (Å²) in [4.78, 5) is 4.19. The maximum absolute atomic E-state index is 9.75. The molecule has 0 heterocycles. The van der Waals surface area contributed by atoms with Crippen molar-refractivity contribution in [3.8, 4) is 0 Å². The molecule has 4 nitrogen and oxygen atoms in total. The van der Waals surface area contributed by atoms with Crippen LogP contribution in [-0.2, 0) is 0 Å². The summed E-state index contributed by atoms with van der Waals surface area (Å²) in [7, 11) is 8.12. The molecule has 0 aliphatic carbocycles. The SMILES string of the molecule is CN(C)c1cccc2ccc(/C(=N/O)c3ccccc3)c(N(C)C)c12. The highest BCUT2D eigenvalue weighted by atomic mass is 16.4. The summed E-state index contributed by atoms with van der Waals surface area (Å²) in [5.74, 6) is 0. The molecule has 0 radical (unpaired) electrons. The Bertz CT molecular complexity index is 915. The largest absolute Gasteiger partial charge is 0.410 e. The molecular formula is C21H23N3O. The molecule has 3 rings (SSSR count). The van der Waals surface area contributed by atoms with E-state index in [0.717, 1.165) is 33.3 Å². The molecule has 1 N–H and O–H groups in total. The van der Waals surface area contributed by atoms with Crippen LogP contribution in [0.1, 0.15) is 11.1 Å². The second-order valence-corrected chi connectivity index (χ2v) is 6.44. The third-order valence-corrected chi connectivity index (χ3v) is 4.33. The van der Waals surface area contributed by atoms with Gasteiger partial charge in [-0.15, -0.1) is 0 Å². The number of fused-ring (bicyclic) bond motifs is 1. The average Bonchev–Trinajstić information content (AvgIpc) is 2.62. The summed E-state index contributed by atoms with van der Waals surface area (Å²) in [6.07, 6.45) is 0. The summed E-state index contributed by atoms with van der Waals surface area (Å²) < 4.78 is 0. The molecular weight excluding hydrogens is 310 g/mol. The first-order valence-corrected chi connectivity index (χ1v) is 8.23. The van der Waals surface area contributed by atoms with E-state index in [4.69, 9.17) is 0 Å². The number of hydrogen-bond donors (Lipinski definition) is 1. The van der Waals surface area contributed by atoms with Gasteiger partial charge in [-0.3, -0.25) is 0 Å². The minimum atomic E-state index is 0.569. The van der Waals surface area contributed by atoms with Crippen LogP contribution in [0, 0.1) is 0 Å². The van der Waals surface area contributed by atoms with Crippen molar-refractivity contribution in [2.24, 2.45) is 5.16 Å². The molecule has 0 unspecified atom stereocenters. The summed E-state index contributed by atoms with van der Waals surface area (Å²) >= 11 is 0. The Morgan fingerprint density at radius 1 is 0.800 bits per heavy atom. The fourth-order valence-corrected chi connectivity index (χ4v) is 3.23. The van der Waals surface area contributed by atoms with Gasteiger partial charge in [-0.2, -0.15) is 0 Å². The molecule has 128 valence electrons. The molecule has 0 aromatic heterocycles. The third kappa shape index (κ3) is 3.03. The summed E-state index contributed by atoms with van der Waals surface area (Å²) in [5.41, 5.74) is 4.53. The van der Waals surface area contributed by atoms with Crippen molar-refractivity contribution in [2.45, 2.75) is 0 Å². The number of hydrogen-bond acceptors (Lipinski definition) is 4. The Labute approximate surface area is 148 Å². The Morgan fingerprint density at radius 3 is 2.12 bits per heavy atom. The van der Waals surface area contributed by atoms with Crippen molar-refractivity contribution in [3.63, 3.8) is 0 Å². The van der Waals surface area contributed by atoms with E-state index in [1.54, 1.807) is 0 Å². The highest BCUT2D eigenvalue weighted by Crippen LogP contribution is 2.37. The topological polar surface area (TPSA) is 39.1 Å². The van der Waals surface area contributed by atoms with Crippen LogP contribution in [0.3, 0.4) is 0 Å². The Balaban J connectivity index is 2.36. The fourth-order valence-electron chi connectivity index (χ4n) is 3.23. The van der Waals surface area contributed by atoms with Crippen molar-refractivity contribution in [1.82, 2.24) is 0 Å². The minimum absolute atomic E-state index is 0.569. The summed E-state index contributed by atoms with van der Waals surface area (Å²) in [6.45, 7) is 0. The molecule has 0 fully saturated rings. The molecule has 0 saturated heterocycles. The van der Waals surface area contributed by atoms with Crippen LogP contribution in [-0.4, -0.2) is 39.1 Å². The lowest BCUT2D eigenvalue weighted by Crippen LogP contribution is -2.17. The van der Waals surface area contributed by atoms with E-state index in [1.165, 1.54) is 0 Å². The van der Waals surface area contributed by atoms with E-state index in [9.17, 15) is 5.21 Å². The van der Waals surface area contributed by atoms with Crippen LogP contribution in [0.15, 0.2) is 65.8 Å². The van der Waals surface area contributed by atoms with E-state index < -0.39 is 0 Å². The minimum Gasteiger partial charge on any atom is -0.410 e. The first-order valence-electron chi connectivity index (χ1n) is 8.23. The van der Waals surface area contributed by atoms with Gasteiger partial charge in [0.1, 0.15) is 5.71 Å². The summed E-state index contributed by atoms with van der Waals surface area (Å²) in [6, 6.07) is 20.1. The Kier molecular flexibility index (Phi) is 4.61. The maximum atomic E-state index is 9.75. The van der Waals surface area contributed by atoms with Gasteiger partial charge in [-0.1, -0.05) is 53.7 Å². The first kappa shape index (κ1) is 16.8. The quantitative estimate of drug-likeness (QED) is 0.442. The van der Waals surface area contributed by atoms with Gasteiger partial charge in [-0.25, -0.2) is 0 Å². The predicted molar refractivity (Wildman–Crippen MR) is 106 cm³/mol. The molecule has 0 aliphatic rings. The number of nitrogens with zero attached hydrogens (tertiary/aromatic N) is 3. The lowest BCUT2D eigenvalue weighted by atomic mass is 9.95. The van der Waals surface area contributed by atoms with Crippen molar-refractivity contribution >= 4 is 27.9 Å². The molecule has 3 aromatic rings. The zero-order valence-electron chi connectivity index (χ0n) is 15.1. The normalized spacial score (nSPS) is 11.6. The Hall–Kier alpha value is -3.01. The van der Waals surface area contributed by atoms with Crippen molar-refractivity contribution < 1.29 is 5.21 Å². The van der Waals surface area contributed by atoms with Gasteiger partial charge in [0.15, 0.2) is 0 Å². The second kappa shape index (κ2) is 6.85. The zero-order valence-corrected chi connectivity index (χ0v) is 15.1. The second-order valence-electron chi connectivity index (χ2n) is 6.44. The molecule has 3 aromatic carbocycles. The third-order valence-electron chi connectivity index (χ3n) is 4.33. The van der Waals surface area contributed by atoms with Crippen LogP contribution < -0.4 is 9.80 Å². The molecule has 0 amide bonds. The molecule has 0 bridgehead atoms. The first-order chi connectivity index (χ1) is 12.0. The van der Waals surface area contributed by atoms with Gasteiger partial charge < -0.3 is 15.0 Å². The number of rotatable bonds is 4. The molecule has 25 heavy (non-hydrogen) atoms. The predicted octanol–water partition coefficient (Wildman–Crippen LogP) is 4.20. The number of benzene rings is 3. The van der Waals surface area contributed by atoms with E-state index in [0.29, 0.717) is 5.71 Å². The number of anilines is 2.